The molecule has 0 aromatic rings. The molecule has 0 aromatic carbocycles. The van der Waals surface area contributed by atoms with Crippen molar-refractivity contribution in [2.75, 3.05) is 13.2 Å². The van der Waals surface area contributed by atoms with Gasteiger partial charge in [0.1, 0.15) is 13.2 Å². The van der Waals surface area contributed by atoms with Gasteiger partial charge in [0, 0.05) is 19.3 Å². The summed E-state index contributed by atoms with van der Waals surface area (Å²) >= 11 is 0. The lowest BCUT2D eigenvalue weighted by atomic mass is 10.0. The number of allylic oxidation sites excluding steroid dienone is 12. The normalized spacial score (nSPS) is 12.5. The molecule has 1 atom stereocenters. The van der Waals surface area contributed by atoms with E-state index in [-0.39, 0.29) is 31.1 Å². The van der Waals surface area contributed by atoms with Crippen LogP contribution in [-0.2, 0) is 28.6 Å². The number of carbonyl (C=O) groups is 3. The molecular weight excluding hydrogens is 1010 g/mol. The molecule has 6 nitrogen and oxygen atoms in total. The zero-order valence-electron chi connectivity index (χ0n) is 54.8. The Labute approximate surface area is 510 Å². The fraction of sp³-hybridized carbons (Fsp3) is 0.803. The fourth-order valence-corrected chi connectivity index (χ4v) is 10.5. The van der Waals surface area contributed by atoms with Gasteiger partial charge in [0.2, 0.25) is 0 Å². The number of rotatable bonds is 66. The van der Waals surface area contributed by atoms with Crippen molar-refractivity contribution >= 4 is 17.9 Å². The third kappa shape index (κ3) is 67.6. The third-order valence-corrected chi connectivity index (χ3v) is 15.9. The van der Waals surface area contributed by atoms with Crippen LogP contribution >= 0.6 is 0 Å². The first-order valence-electron chi connectivity index (χ1n) is 35.9. The number of ether oxygens (including phenoxy) is 3. The molecule has 0 aliphatic rings. The van der Waals surface area contributed by atoms with E-state index in [9.17, 15) is 14.4 Å². The molecule has 476 valence electrons. The van der Waals surface area contributed by atoms with Crippen LogP contribution in [0.4, 0.5) is 0 Å². The molecule has 0 spiro atoms. The molecule has 0 aliphatic carbocycles. The highest BCUT2D eigenvalue weighted by atomic mass is 16.6. The lowest BCUT2D eigenvalue weighted by molar-refractivity contribution is -0.167. The molecule has 6 heteroatoms. The molecule has 0 fully saturated rings. The summed E-state index contributed by atoms with van der Waals surface area (Å²) in [5, 5.41) is 0. The predicted octanol–water partition coefficient (Wildman–Crippen LogP) is 24.8. The topological polar surface area (TPSA) is 78.9 Å². The van der Waals surface area contributed by atoms with E-state index in [0.717, 1.165) is 96.3 Å². The van der Waals surface area contributed by atoms with E-state index < -0.39 is 6.10 Å². The Bertz CT molecular complexity index is 1500. The van der Waals surface area contributed by atoms with E-state index in [1.54, 1.807) is 0 Å². The zero-order chi connectivity index (χ0) is 59.2. The summed E-state index contributed by atoms with van der Waals surface area (Å²) < 4.78 is 17.0. The first kappa shape index (κ1) is 78.8. The Morgan fingerprint density at radius 1 is 0.244 bits per heavy atom. The highest BCUT2D eigenvalue weighted by Gasteiger charge is 2.19. The minimum absolute atomic E-state index is 0.0800. The molecule has 1 unspecified atom stereocenters. The molecule has 0 saturated carbocycles. The summed E-state index contributed by atoms with van der Waals surface area (Å²) in [6.07, 6.45) is 92.2. The number of esters is 3. The summed E-state index contributed by atoms with van der Waals surface area (Å²) in [4.78, 5) is 38.4. The van der Waals surface area contributed by atoms with Crippen molar-refractivity contribution in [2.24, 2.45) is 0 Å². The zero-order valence-corrected chi connectivity index (χ0v) is 54.8. The van der Waals surface area contributed by atoms with Crippen LogP contribution in [0.3, 0.4) is 0 Å². The largest absolute Gasteiger partial charge is 0.462 e. The molecule has 82 heavy (non-hydrogen) atoms. The SMILES string of the molecule is CCCCC/C=C\C/C=C\CCCCCCCCCC(=O)OC(COC(=O)CCCCCCC/C=C\C/C=C\CCCCCC)COC(=O)CCCCCCCCCCCCCCCCCCCCC/C=C\C/C=C\CCCCCCC. The standard InChI is InChI=1S/C76H136O6/c1-4-7-10-13-16-19-22-25-28-31-32-33-34-35-36-37-38-39-40-41-42-43-44-46-48-51-54-57-60-63-66-69-75(78)81-72-73(71-80-74(77)68-65-62-59-56-53-50-47-30-27-24-21-18-15-12-9-6-3)82-76(79)70-67-64-61-58-55-52-49-45-29-26-23-20-17-14-11-8-5-2/h17,20-22,24-26,29-32,47,73H,4-16,18-19,23,27-28,33-46,48-72H2,1-3H3/b20-17-,24-21-,25-22-,29-26-,32-31-,47-30-. The molecule has 0 N–H and O–H groups in total. The molecular formula is C76H136O6. The van der Waals surface area contributed by atoms with Gasteiger partial charge in [-0.15, -0.1) is 0 Å². The Kier molecular flexibility index (Phi) is 67.6. The monoisotopic (exact) mass is 1150 g/mol. The molecule has 0 radical (unpaired) electrons. The van der Waals surface area contributed by atoms with E-state index >= 15 is 0 Å². The average Bonchev–Trinajstić information content (AvgIpc) is 3.47. The summed E-state index contributed by atoms with van der Waals surface area (Å²) in [6.45, 7) is 6.62. The first-order valence-corrected chi connectivity index (χ1v) is 35.9. The van der Waals surface area contributed by atoms with Crippen LogP contribution < -0.4 is 0 Å². The van der Waals surface area contributed by atoms with Crippen molar-refractivity contribution in [1.29, 1.82) is 0 Å². The minimum atomic E-state index is -0.786. The van der Waals surface area contributed by atoms with Crippen molar-refractivity contribution in [3.8, 4) is 0 Å². The highest BCUT2D eigenvalue weighted by Crippen LogP contribution is 2.18. The van der Waals surface area contributed by atoms with Gasteiger partial charge in [-0.3, -0.25) is 14.4 Å². The van der Waals surface area contributed by atoms with Gasteiger partial charge in [0.05, 0.1) is 0 Å². The second-order valence-electron chi connectivity index (χ2n) is 24.1. The second-order valence-corrected chi connectivity index (χ2v) is 24.1. The summed E-state index contributed by atoms with van der Waals surface area (Å²) in [5.74, 6) is -0.882. The van der Waals surface area contributed by atoms with E-state index in [0.29, 0.717) is 19.3 Å². The molecule has 0 aliphatic heterocycles. The molecule has 0 aromatic heterocycles. The number of hydrogen-bond donors (Lipinski definition) is 0. The molecule has 0 heterocycles. The third-order valence-electron chi connectivity index (χ3n) is 15.9. The summed E-state index contributed by atoms with van der Waals surface area (Å²) in [5.41, 5.74) is 0. The smallest absolute Gasteiger partial charge is 0.306 e. The van der Waals surface area contributed by atoms with E-state index in [4.69, 9.17) is 14.2 Å². The number of hydrogen-bond acceptors (Lipinski definition) is 6. The Hall–Kier alpha value is -3.15. The first-order chi connectivity index (χ1) is 40.5. The van der Waals surface area contributed by atoms with E-state index in [2.05, 4.69) is 93.7 Å². The van der Waals surface area contributed by atoms with Gasteiger partial charge in [-0.1, -0.05) is 312 Å². The van der Waals surface area contributed by atoms with E-state index in [1.807, 2.05) is 0 Å². The maximum Gasteiger partial charge on any atom is 0.306 e. The Morgan fingerprint density at radius 3 is 0.707 bits per heavy atom. The molecule has 0 bridgehead atoms. The number of carbonyl (C=O) groups excluding carboxylic acids is 3. The van der Waals surface area contributed by atoms with Crippen LogP contribution in [0, 0.1) is 0 Å². The van der Waals surface area contributed by atoms with Crippen LogP contribution in [0.2, 0.25) is 0 Å². The maximum absolute atomic E-state index is 12.9. The van der Waals surface area contributed by atoms with Crippen molar-refractivity contribution < 1.29 is 28.6 Å². The second kappa shape index (κ2) is 70.3. The van der Waals surface area contributed by atoms with Crippen LogP contribution in [0.1, 0.15) is 374 Å². The van der Waals surface area contributed by atoms with Crippen LogP contribution in [0.15, 0.2) is 72.9 Å². The van der Waals surface area contributed by atoms with Crippen molar-refractivity contribution in [2.45, 2.75) is 380 Å². The van der Waals surface area contributed by atoms with Crippen LogP contribution in [0.25, 0.3) is 0 Å². The molecule has 0 amide bonds. The van der Waals surface area contributed by atoms with Gasteiger partial charge in [0.25, 0.3) is 0 Å². The average molecular weight is 1150 g/mol. The van der Waals surface area contributed by atoms with Crippen molar-refractivity contribution in [1.82, 2.24) is 0 Å². The fourth-order valence-electron chi connectivity index (χ4n) is 10.5. The summed E-state index contributed by atoms with van der Waals surface area (Å²) in [7, 11) is 0. The minimum Gasteiger partial charge on any atom is -0.462 e. The van der Waals surface area contributed by atoms with Gasteiger partial charge >= 0.3 is 17.9 Å². The van der Waals surface area contributed by atoms with Gasteiger partial charge in [-0.05, 0) is 116 Å². The lowest BCUT2D eigenvalue weighted by Crippen LogP contribution is -2.30. The molecule has 0 rings (SSSR count). The van der Waals surface area contributed by atoms with Gasteiger partial charge < -0.3 is 14.2 Å². The van der Waals surface area contributed by atoms with Gasteiger partial charge in [0.15, 0.2) is 6.10 Å². The Morgan fingerprint density at radius 2 is 0.439 bits per heavy atom. The lowest BCUT2D eigenvalue weighted by Gasteiger charge is -2.18. The van der Waals surface area contributed by atoms with Gasteiger partial charge in [-0.2, -0.15) is 0 Å². The Balaban J connectivity index is 4.22. The number of unbranched alkanes of at least 4 members (excludes halogenated alkanes) is 43. The maximum atomic E-state index is 12.9. The van der Waals surface area contributed by atoms with Crippen LogP contribution in [-0.4, -0.2) is 37.2 Å². The van der Waals surface area contributed by atoms with Gasteiger partial charge in [-0.25, -0.2) is 0 Å². The highest BCUT2D eigenvalue weighted by molar-refractivity contribution is 5.71. The van der Waals surface area contributed by atoms with Crippen molar-refractivity contribution in [3.05, 3.63) is 72.9 Å². The van der Waals surface area contributed by atoms with Crippen LogP contribution in [0.5, 0.6) is 0 Å². The summed E-state index contributed by atoms with van der Waals surface area (Å²) in [6, 6.07) is 0. The quantitative estimate of drug-likeness (QED) is 0.0261. The predicted molar refractivity (Wildman–Crippen MR) is 358 cm³/mol. The van der Waals surface area contributed by atoms with E-state index in [1.165, 1.54) is 238 Å². The molecule has 0 saturated heterocycles. The van der Waals surface area contributed by atoms with Crippen molar-refractivity contribution in [3.63, 3.8) is 0 Å².